The molecule has 2 unspecified atom stereocenters. The van der Waals surface area contributed by atoms with Crippen LogP contribution in [-0.4, -0.2) is 0 Å². The number of fused-ring (bicyclic) bond motifs is 7. The first-order valence-corrected chi connectivity index (χ1v) is 9.62. The molecule has 0 N–H and O–H groups in total. The fourth-order valence-corrected chi connectivity index (χ4v) is 8.24. The van der Waals surface area contributed by atoms with E-state index in [4.69, 9.17) is 0 Å². The molecule has 0 saturated heterocycles. The van der Waals surface area contributed by atoms with E-state index in [1.54, 1.807) is 51.4 Å². The van der Waals surface area contributed by atoms with Gasteiger partial charge in [0.05, 0.1) is 0 Å². The molecule has 0 amide bonds. The Kier molecular flexibility index (Phi) is 2.41. The molecule has 0 heteroatoms. The lowest BCUT2D eigenvalue weighted by atomic mass is 9.45. The van der Waals surface area contributed by atoms with Gasteiger partial charge in [0.15, 0.2) is 0 Å². The highest BCUT2D eigenvalue weighted by atomic mass is 14.7. The van der Waals surface area contributed by atoms with Gasteiger partial charge in [0, 0.05) is 0 Å². The molecular weight excluding hydrogens is 240 g/mol. The summed E-state index contributed by atoms with van der Waals surface area (Å²) in [5.74, 6) is 6.82. The van der Waals surface area contributed by atoms with Crippen LogP contribution in [0, 0.1) is 46.3 Å². The van der Waals surface area contributed by atoms with Gasteiger partial charge in [-0.1, -0.05) is 26.7 Å². The van der Waals surface area contributed by atoms with E-state index in [1.165, 1.54) is 24.7 Å². The molecule has 0 aliphatic heterocycles. The number of hydrogen-bond donors (Lipinski definition) is 0. The first-order valence-electron chi connectivity index (χ1n) is 9.62. The van der Waals surface area contributed by atoms with Gasteiger partial charge in [0.25, 0.3) is 0 Å². The maximum atomic E-state index is 2.72. The summed E-state index contributed by atoms with van der Waals surface area (Å²) >= 11 is 0. The number of hydrogen-bond acceptors (Lipinski definition) is 0. The third-order valence-corrected chi connectivity index (χ3v) is 9.12. The van der Waals surface area contributed by atoms with Gasteiger partial charge >= 0.3 is 0 Å². The summed E-state index contributed by atoms with van der Waals surface area (Å²) in [6.07, 6.45) is 15.8. The van der Waals surface area contributed by atoms with E-state index in [0.717, 1.165) is 34.5 Å². The van der Waals surface area contributed by atoms with Gasteiger partial charge in [-0.2, -0.15) is 0 Å². The average Bonchev–Trinajstić information content (AvgIpc) is 3.09. The minimum Gasteiger partial charge on any atom is -0.0593 e. The first-order chi connectivity index (χ1) is 9.62. The van der Waals surface area contributed by atoms with Crippen LogP contribution in [0.3, 0.4) is 0 Å². The summed E-state index contributed by atoms with van der Waals surface area (Å²) in [7, 11) is 0. The molecule has 0 nitrogen and oxygen atoms in total. The Balaban J connectivity index is 1.50. The molecule has 20 heavy (non-hydrogen) atoms. The zero-order valence-electron chi connectivity index (χ0n) is 13.5. The lowest BCUT2D eigenvalue weighted by Gasteiger charge is -2.60. The van der Waals surface area contributed by atoms with Crippen LogP contribution in [0.4, 0.5) is 0 Å². The molecule has 0 spiro atoms. The van der Waals surface area contributed by atoms with E-state index in [-0.39, 0.29) is 0 Å². The van der Waals surface area contributed by atoms with Crippen LogP contribution in [0.5, 0.6) is 0 Å². The summed E-state index contributed by atoms with van der Waals surface area (Å²) in [5, 5.41) is 0. The number of rotatable bonds is 0. The lowest BCUT2D eigenvalue weighted by Crippen LogP contribution is -2.52. The minimum atomic E-state index is 0.746. The standard InChI is InChI=1S/C20H32/c1-19-10-8-17-15(18(19)16-11-13(16)12-19)7-6-14-5-3-4-9-20(14,17)2/h13-18H,3-12H2,1-2H3/t13?,14-,15-,16?,17+,18-,19-,20+/m1/s1. The molecule has 5 saturated carbocycles. The molecule has 0 aromatic carbocycles. The molecular formula is C20H32. The fraction of sp³-hybridized carbons (Fsp3) is 1.00. The summed E-state index contributed by atoms with van der Waals surface area (Å²) in [5.41, 5.74) is 1.52. The van der Waals surface area contributed by atoms with Crippen molar-refractivity contribution in [1.82, 2.24) is 0 Å². The Bertz CT molecular complexity index is 426. The normalized spacial score (nSPS) is 63.9. The summed E-state index contributed by atoms with van der Waals surface area (Å²) < 4.78 is 0. The lowest BCUT2D eigenvalue weighted by molar-refractivity contribution is -0.110. The van der Waals surface area contributed by atoms with Crippen molar-refractivity contribution in [3.63, 3.8) is 0 Å². The van der Waals surface area contributed by atoms with Crippen molar-refractivity contribution >= 4 is 0 Å². The largest absolute Gasteiger partial charge is 0.0593 e. The predicted molar refractivity (Wildman–Crippen MR) is 83.3 cm³/mol. The molecule has 0 bridgehead atoms. The van der Waals surface area contributed by atoms with Gasteiger partial charge in [-0.05, 0) is 97.7 Å². The highest BCUT2D eigenvalue weighted by Gasteiger charge is 2.65. The maximum Gasteiger partial charge on any atom is -0.0266 e. The third kappa shape index (κ3) is 1.45. The van der Waals surface area contributed by atoms with Crippen LogP contribution in [0.15, 0.2) is 0 Å². The zero-order chi connectivity index (χ0) is 13.5. The van der Waals surface area contributed by atoms with Crippen molar-refractivity contribution in [3.05, 3.63) is 0 Å². The molecule has 5 aliphatic rings. The van der Waals surface area contributed by atoms with Gasteiger partial charge in [-0.15, -0.1) is 0 Å². The van der Waals surface area contributed by atoms with E-state index in [1.807, 2.05) is 0 Å². The van der Waals surface area contributed by atoms with E-state index < -0.39 is 0 Å². The van der Waals surface area contributed by atoms with Crippen LogP contribution in [0.25, 0.3) is 0 Å². The van der Waals surface area contributed by atoms with Crippen LogP contribution >= 0.6 is 0 Å². The molecule has 0 aromatic rings. The molecule has 5 rings (SSSR count). The third-order valence-electron chi connectivity index (χ3n) is 9.12. The second-order valence-corrected chi connectivity index (χ2v) is 9.88. The minimum absolute atomic E-state index is 0.746. The Morgan fingerprint density at radius 3 is 2.65 bits per heavy atom. The molecule has 5 fully saturated rings. The monoisotopic (exact) mass is 272 g/mol. The van der Waals surface area contributed by atoms with Crippen LogP contribution in [-0.2, 0) is 0 Å². The Labute approximate surface area is 125 Å². The highest BCUT2D eigenvalue weighted by Crippen LogP contribution is 2.73. The summed E-state index contributed by atoms with van der Waals surface area (Å²) in [6.45, 7) is 5.39. The summed E-state index contributed by atoms with van der Waals surface area (Å²) in [4.78, 5) is 0. The molecule has 5 aliphatic carbocycles. The van der Waals surface area contributed by atoms with Gasteiger partial charge < -0.3 is 0 Å². The van der Waals surface area contributed by atoms with Crippen molar-refractivity contribution < 1.29 is 0 Å². The van der Waals surface area contributed by atoms with E-state index >= 15 is 0 Å². The molecule has 8 atom stereocenters. The Morgan fingerprint density at radius 1 is 0.850 bits per heavy atom. The molecule has 0 heterocycles. The fourth-order valence-electron chi connectivity index (χ4n) is 8.24. The van der Waals surface area contributed by atoms with Crippen LogP contribution in [0.2, 0.25) is 0 Å². The average molecular weight is 272 g/mol. The van der Waals surface area contributed by atoms with Crippen molar-refractivity contribution in [3.8, 4) is 0 Å². The Morgan fingerprint density at radius 2 is 1.75 bits per heavy atom. The van der Waals surface area contributed by atoms with E-state index in [9.17, 15) is 0 Å². The first kappa shape index (κ1) is 12.5. The van der Waals surface area contributed by atoms with Crippen molar-refractivity contribution in [2.24, 2.45) is 46.3 Å². The van der Waals surface area contributed by atoms with Crippen LogP contribution in [0.1, 0.15) is 78.1 Å². The van der Waals surface area contributed by atoms with Crippen molar-refractivity contribution in [2.75, 3.05) is 0 Å². The van der Waals surface area contributed by atoms with Gasteiger partial charge in [0.2, 0.25) is 0 Å². The predicted octanol–water partition coefficient (Wildman–Crippen LogP) is 5.67. The summed E-state index contributed by atoms with van der Waals surface area (Å²) in [6, 6.07) is 0. The van der Waals surface area contributed by atoms with Crippen molar-refractivity contribution in [1.29, 1.82) is 0 Å². The van der Waals surface area contributed by atoms with E-state index in [2.05, 4.69) is 13.8 Å². The zero-order valence-corrected chi connectivity index (χ0v) is 13.5. The SMILES string of the molecule is C[C@]12CC[C@H]3[C@@H](CC[C@H]4CCCC[C@@]43C)[C@@H]1C1CC1C2. The molecule has 0 aromatic heterocycles. The molecule has 0 radical (unpaired) electrons. The highest BCUT2D eigenvalue weighted by molar-refractivity contribution is 5.14. The van der Waals surface area contributed by atoms with Gasteiger partial charge in [-0.3, -0.25) is 0 Å². The second-order valence-electron chi connectivity index (χ2n) is 9.88. The molecule has 112 valence electrons. The van der Waals surface area contributed by atoms with Gasteiger partial charge in [-0.25, -0.2) is 0 Å². The van der Waals surface area contributed by atoms with Gasteiger partial charge in [0.1, 0.15) is 0 Å². The van der Waals surface area contributed by atoms with E-state index in [0.29, 0.717) is 0 Å². The van der Waals surface area contributed by atoms with Crippen LogP contribution < -0.4 is 0 Å². The van der Waals surface area contributed by atoms with Crippen molar-refractivity contribution in [2.45, 2.75) is 78.1 Å². The maximum absolute atomic E-state index is 2.72. The topological polar surface area (TPSA) is 0 Å². The quantitative estimate of drug-likeness (QED) is 0.533. The second kappa shape index (κ2) is 3.85. The Hall–Kier alpha value is 0. The smallest absolute Gasteiger partial charge is 0.0266 e.